The van der Waals surface area contributed by atoms with Gasteiger partial charge in [0.15, 0.2) is 0 Å². The van der Waals surface area contributed by atoms with Crippen LogP contribution < -0.4 is 4.72 Å². The lowest BCUT2D eigenvalue weighted by molar-refractivity contribution is -0.137. The van der Waals surface area contributed by atoms with Gasteiger partial charge in [-0.05, 0) is 42.5 Å². The predicted octanol–water partition coefficient (Wildman–Crippen LogP) is 4.81. The minimum atomic E-state index is -4.49. The lowest BCUT2D eigenvalue weighted by Gasteiger charge is -2.11. The van der Waals surface area contributed by atoms with Gasteiger partial charge >= 0.3 is 6.18 Å². The van der Waals surface area contributed by atoms with E-state index in [1.165, 1.54) is 18.2 Å². The molecule has 0 bridgehead atoms. The Kier molecular flexibility index (Phi) is 4.60. The summed E-state index contributed by atoms with van der Waals surface area (Å²) in [7, 11) is -4.03. The monoisotopic (exact) mass is 369 g/mol. The second kappa shape index (κ2) is 5.98. The fourth-order valence-electron chi connectivity index (χ4n) is 1.63. The van der Waals surface area contributed by atoms with Gasteiger partial charge in [-0.25, -0.2) is 8.42 Å². The van der Waals surface area contributed by atoms with E-state index in [0.29, 0.717) is 0 Å². The Morgan fingerprint density at radius 3 is 2.05 bits per heavy atom. The Morgan fingerprint density at radius 1 is 0.955 bits per heavy atom. The van der Waals surface area contributed by atoms with Crippen LogP contribution in [0.3, 0.4) is 0 Å². The lowest BCUT2D eigenvalue weighted by Crippen LogP contribution is -2.13. The normalized spacial score (nSPS) is 12.2. The highest BCUT2D eigenvalue weighted by molar-refractivity contribution is 7.92. The van der Waals surface area contributed by atoms with Crippen LogP contribution in [0.1, 0.15) is 5.56 Å². The predicted molar refractivity (Wildman–Crippen MR) is 78.7 cm³/mol. The molecular weight excluding hydrogens is 362 g/mol. The molecule has 0 aliphatic rings. The van der Waals surface area contributed by atoms with Crippen LogP contribution in [0.2, 0.25) is 10.0 Å². The summed E-state index contributed by atoms with van der Waals surface area (Å²) < 4.78 is 63.8. The maximum Gasteiger partial charge on any atom is 0.416 e. The lowest BCUT2D eigenvalue weighted by atomic mass is 10.2. The first-order chi connectivity index (χ1) is 10.1. The molecule has 0 aliphatic carbocycles. The van der Waals surface area contributed by atoms with Gasteiger partial charge in [0.25, 0.3) is 10.0 Å². The van der Waals surface area contributed by atoms with E-state index in [0.717, 1.165) is 24.3 Å². The van der Waals surface area contributed by atoms with E-state index in [-0.39, 0.29) is 20.6 Å². The third kappa shape index (κ3) is 3.85. The summed E-state index contributed by atoms with van der Waals surface area (Å²) in [4.78, 5) is -0.224. The first-order valence-electron chi connectivity index (χ1n) is 5.75. The number of anilines is 1. The van der Waals surface area contributed by atoms with E-state index in [1.807, 2.05) is 0 Å². The second-order valence-corrected chi connectivity index (χ2v) is 6.75. The Bertz CT molecular complexity index is 790. The molecule has 0 heterocycles. The molecule has 0 aliphatic heterocycles. The first kappa shape index (κ1) is 16.9. The van der Waals surface area contributed by atoms with Crippen molar-refractivity contribution >= 4 is 38.9 Å². The van der Waals surface area contributed by atoms with Gasteiger partial charge < -0.3 is 0 Å². The van der Waals surface area contributed by atoms with Crippen LogP contribution in [0.5, 0.6) is 0 Å². The molecule has 9 heteroatoms. The van der Waals surface area contributed by atoms with Crippen molar-refractivity contribution < 1.29 is 21.6 Å². The molecule has 0 unspecified atom stereocenters. The highest BCUT2D eigenvalue weighted by Crippen LogP contribution is 2.31. The van der Waals surface area contributed by atoms with Crippen molar-refractivity contribution in [1.82, 2.24) is 0 Å². The summed E-state index contributed by atoms with van der Waals surface area (Å²) >= 11 is 11.5. The van der Waals surface area contributed by atoms with Crippen LogP contribution in [0.25, 0.3) is 0 Å². The molecule has 2 aromatic rings. The van der Waals surface area contributed by atoms with Gasteiger partial charge in [0.2, 0.25) is 0 Å². The van der Waals surface area contributed by atoms with Crippen LogP contribution in [-0.4, -0.2) is 8.42 Å². The zero-order valence-corrected chi connectivity index (χ0v) is 13.0. The quantitative estimate of drug-likeness (QED) is 0.843. The topological polar surface area (TPSA) is 46.2 Å². The number of benzene rings is 2. The van der Waals surface area contributed by atoms with Crippen molar-refractivity contribution in [3.05, 3.63) is 58.1 Å². The average Bonchev–Trinajstić information content (AvgIpc) is 2.37. The SMILES string of the molecule is O=S(=O)(Nc1ccc(C(F)(F)F)cc1)c1ccc(Cl)cc1Cl. The third-order valence-corrected chi connectivity index (χ3v) is 4.75. The molecular formula is C13H8Cl2F3NO2S. The van der Waals surface area contributed by atoms with Crippen LogP contribution in [0, 0.1) is 0 Å². The molecule has 22 heavy (non-hydrogen) atoms. The number of nitrogens with one attached hydrogen (secondary N) is 1. The van der Waals surface area contributed by atoms with Gasteiger partial charge in [-0.2, -0.15) is 13.2 Å². The van der Waals surface area contributed by atoms with Gasteiger partial charge in [-0.15, -0.1) is 0 Å². The van der Waals surface area contributed by atoms with E-state index in [4.69, 9.17) is 23.2 Å². The van der Waals surface area contributed by atoms with Crippen molar-refractivity contribution in [1.29, 1.82) is 0 Å². The summed E-state index contributed by atoms with van der Waals surface area (Å²) in [6.45, 7) is 0. The molecule has 118 valence electrons. The highest BCUT2D eigenvalue weighted by Gasteiger charge is 2.30. The number of alkyl halides is 3. The van der Waals surface area contributed by atoms with Gasteiger partial charge in [0, 0.05) is 10.7 Å². The van der Waals surface area contributed by atoms with Crippen molar-refractivity contribution in [3.8, 4) is 0 Å². The molecule has 0 spiro atoms. The van der Waals surface area contributed by atoms with Crippen molar-refractivity contribution in [2.45, 2.75) is 11.1 Å². The van der Waals surface area contributed by atoms with Crippen LogP contribution in [-0.2, 0) is 16.2 Å². The summed E-state index contributed by atoms with van der Waals surface area (Å²) in [5, 5.41) is 0.172. The molecule has 0 atom stereocenters. The van der Waals surface area contributed by atoms with E-state index >= 15 is 0 Å². The number of sulfonamides is 1. The van der Waals surface area contributed by atoms with Crippen molar-refractivity contribution in [3.63, 3.8) is 0 Å². The molecule has 0 fully saturated rings. The van der Waals surface area contributed by atoms with E-state index in [1.54, 1.807) is 0 Å². The largest absolute Gasteiger partial charge is 0.416 e. The van der Waals surface area contributed by atoms with Gasteiger partial charge in [0.05, 0.1) is 10.6 Å². The molecule has 0 aromatic heterocycles. The van der Waals surface area contributed by atoms with Gasteiger partial charge in [-0.1, -0.05) is 23.2 Å². The number of rotatable bonds is 3. The van der Waals surface area contributed by atoms with Crippen molar-refractivity contribution in [2.24, 2.45) is 0 Å². The maximum absolute atomic E-state index is 12.4. The Hall–Kier alpha value is -1.44. The maximum atomic E-state index is 12.4. The summed E-state index contributed by atoms with van der Waals surface area (Å²) in [5.41, 5.74) is -0.890. The van der Waals surface area contributed by atoms with Crippen LogP contribution in [0.15, 0.2) is 47.4 Å². The fraction of sp³-hybridized carbons (Fsp3) is 0.0769. The van der Waals surface area contributed by atoms with Gasteiger partial charge in [-0.3, -0.25) is 4.72 Å². The zero-order valence-electron chi connectivity index (χ0n) is 10.7. The standard InChI is InChI=1S/C13H8Cl2F3NO2S/c14-9-3-6-12(11(15)7-9)22(20,21)19-10-4-1-8(2-5-10)13(16,17)18/h1-7,19H. The fourth-order valence-corrected chi connectivity index (χ4v) is 3.46. The highest BCUT2D eigenvalue weighted by atomic mass is 35.5. The minimum Gasteiger partial charge on any atom is -0.280 e. The number of hydrogen-bond donors (Lipinski definition) is 1. The van der Waals surface area contributed by atoms with Crippen LogP contribution in [0.4, 0.5) is 18.9 Å². The molecule has 0 radical (unpaired) electrons. The number of halogens is 5. The van der Waals surface area contributed by atoms with Crippen LogP contribution >= 0.6 is 23.2 Å². The second-order valence-electron chi connectivity index (χ2n) is 4.26. The minimum absolute atomic E-state index is 0.0148. The Morgan fingerprint density at radius 2 is 1.55 bits per heavy atom. The molecule has 0 saturated heterocycles. The van der Waals surface area contributed by atoms with Crippen molar-refractivity contribution in [2.75, 3.05) is 4.72 Å². The Labute approximate surface area is 134 Å². The molecule has 0 saturated carbocycles. The summed E-state index contributed by atoms with van der Waals surface area (Å²) in [6.07, 6.45) is -4.49. The molecule has 3 nitrogen and oxygen atoms in total. The van der Waals surface area contributed by atoms with E-state index in [2.05, 4.69) is 4.72 Å². The number of hydrogen-bond acceptors (Lipinski definition) is 2. The van der Waals surface area contributed by atoms with E-state index in [9.17, 15) is 21.6 Å². The third-order valence-electron chi connectivity index (χ3n) is 2.65. The molecule has 1 N–H and O–H groups in total. The zero-order chi connectivity index (χ0) is 16.5. The van der Waals surface area contributed by atoms with E-state index < -0.39 is 21.8 Å². The average molecular weight is 370 g/mol. The first-order valence-corrected chi connectivity index (χ1v) is 7.98. The molecule has 2 aromatic carbocycles. The Balaban J connectivity index is 2.29. The van der Waals surface area contributed by atoms with Gasteiger partial charge in [0.1, 0.15) is 4.90 Å². The molecule has 2 rings (SSSR count). The summed E-state index contributed by atoms with van der Waals surface area (Å²) in [6, 6.07) is 7.40. The molecule has 0 amide bonds. The summed E-state index contributed by atoms with van der Waals surface area (Å²) in [5.74, 6) is 0. The smallest absolute Gasteiger partial charge is 0.280 e.